The number of nitrogens with two attached hydrogens (primary N) is 1. The fourth-order valence-corrected chi connectivity index (χ4v) is 2.33. The first-order chi connectivity index (χ1) is 7.88. The zero-order valence-electron chi connectivity index (χ0n) is 10.5. The van der Waals surface area contributed by atoms with E-state index in [9.17, 15) is 4.79 Å². The second-order valence-corrected chi connectivity index (χ2v) is 5.46. The summed E-state index contributed by atoms with van der Waals surface area (Å²) in [7, 11) is 0. The number of rotatable bonds is 3. The number of nitrogens with zero attached hydrogens (tertiary/aromatic N) is 1. The van der Waals surface area contributed by atoms with Gasteiger partial charge in [0.1, 0.15) is 11.1 Å². The van der Waals surface area contributed by atoms with Gasteiger partial charge in [-0.15, -0.1) is 11.3 Å². The van der Waals surface area contributed by atoms with Gasteiger partial charge in [0.2, 0.25) is 5.91 Å². The van der Waals surface area contributed by atoms with Crippen LogP contribution in [0.5, 0.6) is 0 Å². The molecule has 0 saturated carbocycles. The summed E-state index contributed by atoms with van der Waals surface area (Å²) in [6.45, 7) is 7.39. The van der Waals surface area contributed by atoms with Crippen LogP contribution >= 0.6 is 11.3 Å². The highest BCUT2D eigenvalue weighted by atomic mass is 32.1. The Morgan fingerprint density at radius 3 is 2.53 bits per heavy atom. The molecular weight excluding hydrogens is 234 g/mol. The minimum Gasteiger partial charge on any atom is -0.327 e. The van der Waals surface area contributed by atoms with Crippen LogP contribution in [0.15, 0.2) is 0 Å². The lowest BCUT2D eigenvalue weighted by atomic mass is 10.0. The molecule has 3 N–H and O–H groups in total. The van der Waals surface area contributed by atoms with Crippen LogP contribution in [0.3, 0.4) is 0 Å². The van der Waals surface area contributed by atoms with E-state index in [2.05, 4.69) is 11.4 Å². The number of thiophene rings is 1. The van der Waals surface area contributed by atoms with Crippen molar-refractivity contribution in [3.8, 4) is 6.07 Å². The van der Waals surface area contributed by atoms with Crippen molar-refractivity contribution in [3.63, 3.8) is 0 Å². The van der Waals surface area contributed by atoms with Gasteiger partial charge < -0.3 is 11.1 Å². The summed E-state index contributed by atoms with van der Waals surface area (Å²) in [4.78, 5) is 12.9. The summed E-state index contributed by atoms with van der Waals surface area (Å²) < 4.78 is 0. The molecule has 4 nitrogen and oxygen atoms in total. The molecule has 0 aromatic carbocycles. The first-order valence-corrected chi connectivity index (χ1v) is 6.26. The average molecular weight is 251 g/mol. The molecule has 2 atom stereocenters. The molecule has 0 aliphatic heterocycles. The van der Waals surface area contributed by atoms with Crippen LogP contribution in [0.4, 0.5) is 5.00 Å². The van der Waals surface area contributed by atoms with E-state index in [1.54, 1.807) is 13.8 Å². The van der Waals surface area contributed by atoms with Crippen molar-refractivity contribution in [2.75, 3.05) is 5.32 Å². The minimum absolute atomic E-state index is 0.141. The van der Waals surface area contributed by atoms with Crippen molar-refractivity contribution >= 4 is 22.2 Å². The molecule has 1 amide bonds. The molecule has 0 radical (unpaired) electrons. The molecule has 1 aromatic heterocycles. The highest BCUT2D eigenvalue weighted by Crippen LogP contribution is 2.31. The summed E-state index contributed by atoms with van der Waals surface area (Å²) in [5.74, 6) is -0.415. The molecule has 17 heavy (non-hydrogen) atoms. The second-order valence-electron chi connectivity index (χ2n) is 4.24. The van der Waals surface area contributed by atoms with E-state index in [4.69, 9.17) is 11.0 Å². The standard InChI is InChI=1S/C12H17N3OS/c1-6(8(3)14)11(16)15-12-10(5-13)7(2)9(4)17-12/h6,8H,14H2,1-4H3,(H,15,16). The SMILES string of the molecule is Cc1sc(NC(=O)C(C)C(C)N)c(C#N)c1C. The Kier molecular flexibility index (Phi) is 4.27. The predicted molar refractivity (Wildman–Crippen MR) is 70.0 cm³/mol. The Morgan fingerprint density at radius 1 is 1.47 bits per heavy atom. The number of aryl methyl sites for hydroxylation is 1. The first kappa shape index (κ1) is 13.7. The summed E-state index contributed by atoms with van der Waals surface area (Å²) in [6, 6.07) is 1.92. The fraction of sp³-hybridized carbons (Fsp3) is 0.500. The molecule has 0 aliphatic rings. The van der Waals surface area contributed by atoms with Gasteiger partial charge in [0.05, 0.1) is 11.5 Å². The maximum absolute atomic E-state index is 11.8. The van der Waals surface area contributed by atoms with Gasteiger partial charge in [-0.3, -0.25) is 4.79 Å². The van der Waals surface area contributed by atoms with Crippen LogP contribution in [0.2, 0.25) is 0 Å². The number of nitrogens with one attached hydrogen (secondary N) is 1. The van der Waals surface area contributed by atoms with E-state index in [1.807, 2.05) is 13.8 Å². The molecule has 1 heterocycles. The molecule has 0 bridgehead atoms. The molecular formula is C12H17N3OS. The second kappa shape index (κ2) is 5.30. The molecule has 0 saturated heterocycles. The van der Waals surface area contributed by atoms with Gasteiger partial charge in [0.15, 0.2) is 0 Å². The quantitative estimate of drug-likeness (QED) is 0.864. The lowest BCUT2D eigenvalue weighted by Gasteiger charge is -2.14. The minimum atomic E-state index is -0.274. The van der Waals surface area contributed by atoms with E-state index in [-0.39, 0.29) is 17.9 Å². The number of nitriles is 1. The lowest BCUT2D eigenvalue weighted by molar-refractivity contribution is -0.119. The van der Waals surface area contributed by atoms with Crippen molar-refractivity contribution < 1.29 is 4.79 Å². The number of carbonyl (C=O) groups excluding carboxylic acids is 1. The van der Waals surface area contributed by atoms with Crippen LogP contribution in [0.25, 0.3) is 0 Å². The van der Waals surface area contributed by atoms with Gasteiger partial charge >= 0.3 is 0 Å². The largest absolute Gasteiger partial charge is 0.327 e. The third kappa shape index (κ3) is 2.84. The molecule has 92 valence electrons. The van der Waals surface area contributed by atoms with Crippen LogP contribution in [0.1, 0.15) is 29.9 Å². The van der Waals surface area contributed by atoms with Gasteiger partial charge in [0, 0.05) is 10.9 Å². The number of hydrogen-bond donors (Lipinski definition) is 2. The van der Waals surface area contributed by atoms with E-state index in [0.29, 0.717) is 10.6 Å². The first-order valence-electron chi connectivity index (χ1n) is 5.45. The van der Waals surface area contributed by atoms with Gasteiger partial charge in [0.25, 0.3) is 0 Å². The third-order valence-corrected chi connectivity index (χ3v) is 4.06. The Balaban J connectivity index is 2.94. The van der Waals surface area contributed by atoms with Gasteiger partial charge in [-0.1, -0.05) is 6.92 Å². The maximum atomic E-state index is 11.8. The Bertz CT molecular complexity index is 471. The predicted octanol–water partition coefficient (Wildman–Crippen LogP) is 2.16. The summed E-state index contributed by atoms with van der Waals surface area (Å²) in [6.07, 6.45) is 0. The van der Waals surface area contributed by atoms with Crippen LogP contribution in [0, 0.1) is 31.1 Å². The van der Waals surface area contributed by atoms with Crippen molar-refractivity contribution in [3.05, 3.63) is 16.0 Å². The number of anilines is 1. The molecule has 5 heteroatoms. The molecule has 0 spiro atoms. The van der Waals surface area contributed by atoms with Crippen molar-refractivity contribution in [1.29, 1.82) is 5.26 Å². The lowest BCUT2D eigenvalue weighted by Crippen LogP contribution is -2.34. The normalized spacial score (nSPS) is 13.9. The van der Waals surface area contributed by atoms with Crippen LogP contribution < -0.4 is 11.1 Å². The Morgan fingerprint density at radius 2 is 2.06 bits per heavy atom. The molecule has 2 unspecified atom stereocenters. The average Bonchev–Trinajstić information content (AvgIpc) is 2.53. The number of hydrogen-bond acceptors (Lipinski definition) is 4. The smallest absolute Gasteiger partial charge is 0.229 e. The van der Waals surface area contributed by atoms with E-state index in [0.717, 1.165) is 10.4 Å². The van der Waals surface area contributed by atoms with Crippen LogP contribution in [-0.4, -0.2) is 11.9 Å². The van der Waals surface area contributed by atoms with Crippen molar-refractivity contribution in [2.24, 2.45) is 11.7 Å². The highest BCUT2D eigenvalue weighted by molar-refractivity contribution is 7.16. The molecule has 1 aromatic rings. The summed E-state index contributed by atoms with van der Waals surface area (Å²) >= 11 is 1.43. The number of carbonyl (C=O) groups is 1. The zero-order valence-corrected chi connectivity index (χ0v) is 11.3. The summed E-state index contributed by atoms with van der Waals surface area (Å²) in [5.41, 5.74) is 7.16. The van der Waals surface area contributed by atoms with Crippen molar-refractivity contribution in [2.45, 2.75) is 33.7 Å². The topological polar surface area (TPSA) is 78.9 Å². The van der Waals surface area contributed by atoms with E-state index in [1.165, 1.54) is 11.3 Å². The zero-order chi connectivity index (χ0) is 13.2. The molecule has 1 rings (SSSR count). The Hall–Kier alpha value is -1.38. The Labute approximate surface area is 105 Å². The van der Waals surface area contributed by atoms with E-state index < -0.39 is 0 Å². The molecule has 0 aliphatic carbocycles. The third-order valence-electron chi connectivity index (χ3n) is 2.94. The van der Waals surface area contributed by atoms with Gasteiger partial charge in [-0.05, 0) is 26.3 Å². The van der Waals surface area contributed by atoms with Crippen molar-refractivity contribution in [1.82, 2.24) is 0 Å². The highest BCUT2D eigenvalue weighted by Gasteiger charge is 2.20. The summed E-state index contributed by atoms with van der Waals surface area (Å²) in [5, 5.41) is 12.5. The molecule has 0 fully saturated rings. The number of amides is 1. The van der Waals surface area contributed by atoms with Crippen LogP contribution in [-0.2, 0) is 4.79 Å². The monoisotopic (exact) mass is 251 g/mol. The fourth-order valence-electron chi connectivity index (χ4n) is 1.31. The van der Waals surface area contributed by atoms with E-state index >= 15 is 0 Å². The van der Waals surface area contributed by atoms with Gasteiger partial charge in [-0.25, -0.2) is 0 Å². The van der Waals surface area contributed by atoms with Gasteiger partial charge in [-0.2, -0.15) is 5.26 Å². The maximum Gasteiger partial charge on any atom is 0.229 e.